The maximum atomic E-state index is 13.4. The third-order valence-electron chi connectivity index (χ3n) is 4.46. The van der Waals surface area contributed by atoms with E-state index < -0.39 is 0 Å². The molecule has 0 fully saturated rings. The number of aromatic amines is 1. The predicted molar refractivity (Wildman–Crippen MR) is 90.2 cm³/mol. The molecule has 0 spiro atoms. The van der Waals surface area contributed by atoms with Gasteiger partial charge >= 0.3 is 0 Å². The van der Waals surface area contributed by atoms with Gasteiger partial charge in [0.2, 0.25) is 5.91 Å². The topological polar surface area (TPSA) is 61.9 Å². The Balaban J connectivity index is 1.66. The molecule has 126 valence electrons. The van der Waals surface area contributed by atoms with Crippen molar-refractivity contribution in [3.63, 3.8) is 0 Å². The van der Waals surface area contributed by atoms with Crippen molar-refractivity contribution in [3.05, 3.63) is 83.5 Å². The number of pyridine rings is 1. The van der Waals surface area contributed by atoms with Gasteiger partial charge in [-0.2, -0.15) is 0 Å². The maximum absolute atomic E-state index is 13.4. The van der Waals surface area contributed by atoms with Gasteiger partial charge < -0.3 is 9.88 Å². The molecule has 25 heavy (non-hydrogen) atoms. The number of halogens is 1. The first kappa shape index (κ1) is 15.5. The number of nitrogens with zero attached hydrogens (tertiary/aromatic N) is 3. The van der Waals surface area contributed by atoms with Crippen molar-refractivity contribution >= 4 is 5.91 Å². The van der Waals surface area contributed by atoms with Crippen LogP contribution in [-0.2, 0) is 17.6 Å². The molecule has 0 saturated heterocycles. The van der Waals surface area contributed by atoms with Crippen LogP contribution in [0.2, 0.25) is 0 Å². The van der Waals surface area contributed by atoms with Crippen molar-refractivity contribution in [2.45, 2.75) is 18.9 Å². The second kappa shape index (κ2) is 6.47. The summed E-state index contributed by atoms with van der Waals surface area (Å²) < 4.78 is 13.4. The van der Waals surface area contributed by atoms with Gasteiger partial charge in [0.15, 0.2) is 0 Å². The number of fused-ring (bicyclic) bond motifs is 1. The summed E-state index contributed by atoms with van der Waals surface area (Å²) >= 11 is 0. The highest BCUT2D eigenvalue weighted by atomic mass is 19.1. The zero-order chi connectivity index (χ0) is 17.2. The Labute approximate surface area is 144 Å². The maximum Gasteiger partial charge on any atom is 0.227 e. The van der Waals surface area contributed by atoms with Gasteiger partial charge in [0, 0.05) is 24.9 Å². The van der Waals surface area contributed by atoms with Gasteiger partial charge in [0.05, 0.1) is 24.1 Å². The van der Waals surface area contributed by atoms with Crippen LogP contribution >= 0.6 is 0 Å². The Morgan fingerprint density at radius 1 is 1.24 bits per heavy atom. The van der Waals surface area contributed by atoms with Crippen LogP contribution < -0.4 is 0 Å². The number of benzene rings is 1. The van der Waals surface area contributed by atoms with Crippen molar-refractivity contribution < 1.29 is 9.18 Å². The van der Waals surface area contributed by atoms with Crippen LogP contribution in [0.5, 0.6) is 0 Å². The molecule has 2 aromatic heterocycles. The molecule has 5 nitrogen and oxygen atoms in total. The summed E-state index contributed by atoms with van der Waals surface area (Å²) in [5, 5.41) is 0. The molecule has 3 aromatic rings. The quantitative estimate of drug-likeness (QED) is 0.800. The molecular weight excluding hydrogens is 319 g/mol. The van der Waals surface area contributed by atoms with Crippen LogP contribution in [0.25, 0.3) is 0 Å². The zero-order valence-electron chi connectivity index (χ0n) is 13.5. The fraction of sp³-hybridized carbons (Fsp3) is 0.211. The monoisotopic (exact) mass is 336 g/mol. The lowest BCUT2D eigenvalue weighted by Crippen LogP contribution is -2.41. The van der Waals surface area contributed by atoms with Gasteiger partial charge in [-0.1, -0.05) is 18.2 Å². The minimum absolute atomic E-state index is 0.0603. The Kier molecular flexibility index (Phi) is 4.01. The van der Waals surface area contributed by atoms with Gasteiger partial charge in [-0.05, 0) is 29.8 Å². The van der Waals surface area contributed by atoms with E-state index in [0.29, 0.717) is 18.5 Å². The van der Waals surface area contributed by atoms with Crippen LogP contribution in [-0.4, -0.2) is 32.3 Å². The third-order valence-corrected chi connectivity index (χ3v) is 4.46. The standard InChI is InChI=1S/C19H17FN4O/c20-14-5-3-4-13(10-14)11-17(25)24-9-7-15-18(23-12-22-15)19(24)16-6-1-2-8-21-16/h1-6,8,10,12,19H,7,9,11H2,(H,22,23)/t19-/m0/s1. The Bertz CT molecular complexity index is 893. The third kappa shape index (κ3) is 3.03. The summed E-state index contributed by atoms with van der Waals surface area (Å²) in [5.41, 5.74) is 3.31. The first-order valence-electron chi connectivity index (χ1n) is 8.19. The van der Waals surface area contributed by atoms with E-state index in [2.05, 4.69) is 15.0 Å². The number of aromatic nitrogens is 3. The van der Waals surface area contributed by atoms with Gasteiger partial charge in [-0.15, -0.1) is 0 Å². The molecule has 4 rings (SSSR count). The van der Waals surface area contributed by atoms with Crippen molar-refractivity contribution in [1.29, 1.82) is 0 Å². The molecule has 1 N–H and O–H groups in total. The van der Waals surface area contributed by atoms with E-state index in [1.165, 1.54) is 12.1 Å². The molecule has 1 amide bonds. The molecule has 0 bridgehead atoms. The van der Waals surface area contributed by atoms with Crippen molar-refractivity contribution in [3.8, 4) is 0 Å². The number of carbonyl (C=O) groups excluding carboxylic acids is 1. The van der Waals surface area contributed by atoms with E-state index in [0.717, 1.165) is 17.1 Å². The van der Waals surface area contributed by atoms with E-state index in [1.807, 2.05) is 18.2 Å². The number of rotatable bonds is 3. The fourth-order valence-corrected chi connectivity index (χ4v) is 3.31. The van der Waals surface area contributed by atoms with E-state index in [1.54, 1.807) is 29.6 Å². The summed E-state index contributed by atoms with van der Waals surface area (Å²) in [5.74, 6) is -0.394. The number of nitrogens with one attached hydrogen (secondary N) is 1. The van der Waals surface area contributed by atoms with Crippen molar-refractivity contribution in [2.75, 3.05) is 6.54 Å². The second-order valence-corrected chi connectivity index (χ2v) is 6.07. The van der Waals surface area contributed by atoms with Crippen LogP contribution in [0.15, 0.2) is 55.0 Å². The molecule has 0 radical (unpaired) electrons. The number of carbonyl (C=O) groups is 1. The average molecular weight is 336 g/mol. The number of H-pyrrole nitrogens is 1. The average Bonchev–Trinajstić information content (AvgIpc) is 3.10. The van der Waals surface area contributed by atoms with Crippen LogP contribution in [0.1, 0.15) is 28.7 Å². The van der Waals surface area contributed by atoms with Crippen LogP contribution in [0.4, 0.5) is 4.39 Å². The Morgan fingerprint density at radius 2 is 2.16 bits per heavy atom. The number of amides is 1. The first-order chi connectivity index (χ1) is 12.2. The fourth-order valence-electron chi connectivity index (χ4n) is 3.31. The number of hydrogen-bond acceptors (Lipinski definition) is 3. The lowest BCUT2D eigenvalue weighted by atomic mass is 9.98. The van der Waals surface area contributed by atoms with E-state index in [4.69, 9.17) is 0 Å². The highest BCUT2D eigenvalue weighted by molar-refractivity contribution is 5.80. The molecule has 0 saturated carbocycles. The molecular formula is C19H17FN4O. The Hall–Kier alpha value is -3.02. The zero-order valence-corrected chi connectivity index (χ0v) is 13.5. The summed E-state index contributed by atoms with van der Waals surface area (Å²) in [6, 6.07) is 11.5. The van der Waals surface area contributed by atoms with E-state index >= 15 is 0 Å². The largest absolute Gasteiger partial charge is 0.348 e. The minimum Gasteiger partial charge on any atom is -0.348 e. The van der Waals surface area contributed by atoms with Gasteiger partial charge in [-0.3, -0.25) is 9.78 Å². The van der Waals surface area contributed by atoms with Gasteiger partial charge in [0.1, 0.15) is 11.9 Å². The normalized spacial score (nSPS) is 16.5. The van der Waals surface area contributed by atoms with Crippen LogP contribution in [0, 0.1) is 5.82 Å². The molecule has 0 unspecified atom stereocenters. The lowest BCUT2D eigenvalue weighted by molar-refractivity contribution is -0.132. The second-order valence-electron chi connectivity index (χ2n) is 6.07. The highest BCUT2D eigenvalue weighted by Crippen LogP contribution is 2.32. The first-order valence-corrected chi connectivity index (χ1v) is 8.19. The van der Waals surface area contributed by atoms with Gasteiger partial charge in [-0.25, -0.2) is 9.37 Å². The van der Waals surface area contributed by atoms with E-state index in [9.17, 15) is 9.18 Å². The smallest absolute Gasteiger partial charge is 0.227 e. The molecule has 0 aliphatic carbocycles. The summed E-state index contributed by atoms with van der Waals surface area (Å²) in [6.45, 7) is 0.574. The molecule has 1 aliphatic heterocycles. The predicted octanol–water partition coefficient (Wildman–Crippen LogP) is 2.66. The van der Waals surface area contributed by atoms with Crippen molar-refractivity contribution in [2.24, 2.45) is 0 Å². The Morgan fingerprint density at radius 3 is 2.96 bits per heavy atom. The molecule has 1 aromatic carbocycles. The van der Waals surface area contributed by atoms with Crippen LogP contribution in [0.3, 0.4) is 0 Å². The summed E-state index contributed by atoms with van der Waals surface area (Å²) in [7, 11) is 0. The molecule has 1 atom stereocenters. The number of imidazole rings is 1. The van der Waals surface area contributed by atoms with E-state index in [-0.39, 0.29) is 24.2 Å². The SMILES string of the molecule is O=C(Cc1cccc(F)c1)N1CCc2[nH]cnc2[C@@H]1c1ccccn1. The van der Waals surface area contributed by atoms with Crippen molar-refractivity contribution in [1.82, 2.24) is 19.9 Å². The van der Waals surface area contributed by atoms with Gasteiger partial charge in [0.25, 0.3) is 0 Å². The molecule has 1 aliphatic rings. The summed E-state index contributed by atoms with van der Waals surface area (Å²) in [6.07, 6.45) is 4.24. The summed E-state index contributed by atoms with van der Waals surface area (Å²) in [4.78, 5) is 26.7. The number of hydrogen-bond donors (Lipinski definition) is 1. The molecule has 3 heterocycles. The molecule has 6 heteroatoms. The highest BCUT2D eigenvalue weighted by Gasteiger charge is 2.34. The lowest BCUT2D eigenvalue weighted by Gasteiger charge is -2.34. The minimum atomic E-state index is -0.334.